The van der Waals surface area contributed by atoms with Crippen molar-refractivity contribution in [3.8, 4) is 0 Å². The Balaban J connectivity index is 3.20. The SMILES string of the molecule is C=CC(CC)CCSN. The highest BCUT2D eigenvalue weighted by Gasteiger charge is 1.98. The van der Waals surface area contributed by atoms with Crippen LogP contribution in [0.4, 0.5) is 0 Å². The first-order valence-corrected chi connectivity index (χ1v) is 4.34. The normalized spacial score (nSPS) is 13.1. The Morgan fingerprint density at radius 3 is 2.78 bits per heavy atom. The molecule has 54 valence electrons. The fourth-order valence-electron chi connectivity index (χ4n) is 0.708. The van der Waals surface area contributed by atoms with Crippen LogP contribution in [-0.4, -0.2) is 5.75 Å². The third kappa shape index (κ3) is 4.55. The second-order valence-electron chi connectivity index (χ2n) is 2.06. The molecular formula is C7H15NS. The zero-order chi connectivity index (χ0) is 7.11. The molecule has 0 amide bonds. The lowest BCUT2D eigenvalue weighted by Gasteiger charge is -2.05. The molecule has 0 bridgehead atoms. The molecule has 2 heteroatoms. The quantitative estimate of drug-likeness (QED) is 0.474. The summed E-state index contributed by atoms with van der Waals surface area (Å²) in [7, 11) is 0. The van der Waals surface area contributed by atoms with E-state index in [2.05, 4.69) is 13.5 Å². The van der Waals surface area contributed by atoms with E-state index in [0.29, 0.717) is 5.92 Å². The van der Waals surface area contributed by atoms with Crippen molar-refractivity contribution in [2.45, 2.75) is 19.8 Å². The molecule has 0 aliphatic carbocycles. The molecule has 0 rings (SSSR count). The van der Waals surface area contributed by atoms with Gasteiger partial charge in [0.2, 0.25) is 0 Å². The molecule has 0 spiro atoms. The number of hydrogen-bond acceptors (Lipinski definition) is 2. The van der Waals surface area contributed by atoms with Crippen LogP contribution in [0, 0.1) is 5.92 Å². The van der Waals surface area contributed by atoms with Crippen molar-refractivity contribution in [3.05, 3.63) is 12.7 Å². The Bertz CT molecular complexity index is 73.3. The number of hydrogen-bond donors (Lipinski definition) is 1. The van der Waals surface area contributed by atoms with Gasteiger partial charge in [-0.05, 0) is 18.8 Å². The first-order valence-electron chi connectivity index (χ1n) is 3.29. The van der Waals surface area contributed by atoms with Crippen molar-refractivity contribution < 1.29 is 0 Å². The molecule has 0 aromatic carbocycles. The largest absolute Gasteiger partial charge is 0.278 e. The smallest absolute Gasteiger partial charge is 0.00820 e. The molecule has 1 atom stereocenters. The summed E-state index contributed by atoms with van der Waals surface area (Å²) in [6.45, 7) is 5.91. The van der Waals surface area contributed by atoms with Crippen LogP contribution >= 0.6 is 11.9 Å². The van der Waals surface area contributed by atoms with Crippen LogP contribution < -0.4 is 5.14 Å². The third-order valence-corrected chi connectivity index (χ3v) is 1.94. The molecule has 0 saturated heterocycles. The maximum absolute atomic E-state index is 5.27. The summed E-state index contributed by atoms with van der Waals surface area (Å²) in [4.78, 5) is 0. The first-order chi connectivity index (χ1) is 4.35. The van der Waals surface area contributed by atoms with Crippen LogP contribution in [0.5, 0.6) is 0 Å². The van der Waals surface area contributed by atoms with Crippen molar-refractivity contribution in [2.24, 2.45) is 11.1 Å². The molecule has 1 nitrogen and oxygen atoms in total. The molecule has 0 heterocycles. The Labute approximate surface area is 61.8 Å². The van der Waals surface area contributed by atoms with E-state index in [0.717, 1.165) is 5.75 Å². The maximum atomic E-state index is 5.27. The molecule has 2 N–H and O–H groups in total. The molecule has 0 aromatic heterocycles. The lowest BCUT2D eigenvalue weighted by Crippen LogP contribution is -1.96. The lowest BCUT2D eigenvalue weighted by atomic mass is 10.0. The van der Waals surface area contributed by atoms with Crippen molar-refractivity contribution in [1.82, 2.24) is 0 Å². The average Bonchev–Trinajstić information content (AvgIpc) is 1.91. The van der Waals surface area contributed by atoms with Crippen molar-refractivity contribution in [2.75, 3.05) is 5.75 Å². The van der Waals surface area contributed by atoms with Gasteiger partial charge in [0.1, 0.15) is 0 Å². The minimum absolute atomic E-state index is 0.668. The molecule has 9 heavy (non-hydrogen) atoms. The predicted octanol–water partition coefficient (Wildman–Crippen LogP) is 2.20. The van der Waals surface area contributed by atoms with Gasteiger partial charge in [-0.15, -0.1) is 6.58 Å². The molecule has 0 aliphatic rings. The molecule has 0 aromatic rings. The van der Waals surface area contributed by atoms with E-state index in [-0.39, 0.29) is 0 Å². The van der Waals surface area contributed by atoms with E-state index in [9.17, 15) is 0 Å². The summed E-state index contributed by atoms with van der Waals surface area (Å²) in [5, 5.41) is 5.27. The van der Waals surface area contributed by atoms with Crippen LogP contribution in [0.2, 0.25) is 0 Å². The Kier molecular flexibility index (Phi) is 6.21. The van der Waals surface area contributed by atoms with Crippen molar-refractivity contribution in [1.29, 1.82) is 0 Å². The Hall–Kier alpha value is 0.0500. The van der Waals surface area contributed by atoms with E-state index < -0.39 is 0 Å². The van der Waals surface area contributed by atoms with Crippen molar-refractivity contribution >= 4 is 11.9 Å². The number of allylic oxidation sites excluding steroid dienone is 1. The van der Waals surface area contributed by atoms with Gasteiger partial charge in [0.05, 0.1) is 0 Å². The molecule has 1 unspecified atom stereocenters. The maximum Gasteiger partial charge on any atom is 0.00820 e. The molecule has 0 radical (unpaired) electrons. The standard InChI is InChI=1S/C7H15NS/c1-3-7(4-2)5-6-9-8/h3,7H,1,4-6,8H2,2H3. The number of rotatable bonds is 5. The van der Waals surface area contributed by atoms with E-state index >= 15 is 0 Å². The van der Waals surface area contributed by atoms with Crippen LogP contribution in [0.15, 0.2) is 12.7 Å². The van der Waals surface area contributed by atoms with Gasteiger partial charge in [-0.2, -0.15) is 0 Å². The average molecular weight is 145 g/mol. The summed E-state index contributed by atoms with van der Waals surface area (Å²) in [6, 6.07) is 0. The highest BCUT2D eigenvalue weighted by molar-refractivity contribution is 7.97. The van der Waals surface area contributed by atoms with Gasteiger partial charge in [0.25, 0.3) is 0 Å². The second kappa shape index (κ2) is 6.17. The summed E-state index contributed by atoms with van der Waals surface area (Å²) < 4.78 is 0. The predicted molar refractivity (Wildman–Crippen MR) is 45.2 cm³/mol. The van der Waals surface area contributed by atoms with Crippen LogP contribution in [0.25, 0.3) is 0 Å². The fraction of sp³-hybridized carbons (Fsp3) is 0.714. The summed E-state index contributed by atoms with van der Waals surface area (Å²) >= 11 is 1.41. The van der Waals surface area contributed by atoms with Gasteiger partial charge < -0.3 is 0 Å². The van der Waals surface area contributed by atoms with Crippen molar-refractivity contribution in [3.63, 3.8) is 0 Å². The van der Waals surface area contributed by atoms with Gasteiger partial charge in [-0.1, -0.05) is 24.9 Å². The third-order valence-electron chi connectivity index (χ3n) is 1.46. The van der Waals surface area contributed by atoms with E-state index in [1.54, 1.807) is 0 Å². The van der Waals surface area contributed by atoms with Crippen LogP contribution in [0.1, 0.15) is 19.8 Å². The van der Waals surface area contributed by atoms with E-state index in [4.69, 9.17) is 5.14 Å². The topological polar surface area (TPSA) is 26.0 Å². The number of nitrogens with two attached hydrogens (primary N) is 1. The van der Waals surface area contributed by atoms with Crippen LogP contribution in [0.3, 0.4) is 0 Å². The van der Waals surface area contributed by atoms with Gasteiger partial charge in [0, 0.05) is 5.75 Å². The Morgan fingerprint density at radius 1 is 1.78 bits per heavy atom. The van der Waals surface area contributed by atoms with E-state index in [1.807, 2.05) is 6.08 Å². The molecule has 0 saturated carbocycles. The second-order valence-corrected chi connectivity index (χ2v) is 2.81. The Morgan fingerprint density at radius 2 is 2.44 bits per heavy atom. The lowest BCUT2D eigenvalue weighted by molar-refractivity contribution is 0.613. The monoisotopic (exact) mass is 145 g/mol. The molecule has 0 fully saturated rings. The summed E-state index contributed by atoms with van der Waals surface area (Å²) in [6.07, 6.45) is 4.36. The fourth-order valence-corrected chi connectivity index (χ4v) is 1.15. The molecule has 0 aliphatic heterocycles. The first kappa shape index (κ1) is 9.05. The minimum Gasteiger partial charge on any atom is -0.278 e. The zero-order valence-corrected chi connectivity index (χ0v) is 6.79. The van der Waals surface area contributed by atoms with Gasteiger partial charge in [0.15, 0.2) is 0 Å². The van der Waals surface area contributed by atoms with E-state index in [1.165, 1.54) is 24.8 Å². The van der Waals surface area contributed by atoms with Gasteiger partial charge >= 0.3 is 0 Å². The minimum atomic E-state index is 0.668. The summed E-state index contributed by atoms with van der Waals surface area (Å²) in [5.74, 6) is 1.71. The van der Waals surface area contributed by atoms with Crippen LogP contribution in [-0.2, 0) is 0 Å². The molecular weight excluding hydrogens is 130 g/mol. The highest BCUT2D eigenvalue weighted by Crippen LogP contribution is 2.10. The summed E-state index contributed by atoms with van der Waals surface area (Å²) in [5.41, 5.74) is 0. The van der Waals surface area contributed by atoms with Gasteiger partial charge in [-0.3, -0.25) is 5.14 Å². The zero-order valence-electron chi connectivity index (χ0n) is 5.97. The highest BCUT2D eigenvalue weighted by atomic mass is 32.2. The van der Waals surface area contributed by atoms with Gasteiger partial charge in [-0.25, -0.2) is 0 Å².